The number of aryl methyl sites for hydroxylation is 2. The van der Waals surface area contributed by atoms with Gasteiger partial charge in [-0.1, -0.05) is 23.8 Å². The predicted molar refractivity (Wildman–Crippen MR) is 97.3 cm³/mol. The van der Waals surface area contributed by atoms with Crippen molar-refractivity contribution in [2.45, 2.75) is 27.4 Å². The summed E-state index contributed by atoms with van der Waals surface area (Å²) < 4.78 is 11.8. The minimum Gasteiger partial charge on any atom is -0.490 e. The molecule has 4 nitrogen and oxygen atoms in total. The highest BCUT2D eigenvalue weighted by atomic mass is 16.5. The molecule has 4 heteroatoms. The molecule has 24 heavy (non-hydrogen) atoms. The Hall–Kier alpha value is -2.49. The van der Waals surface area contributed by atoms with Gasteiger partial charge in [0.1, 0.15) is 12.4 Å². The number of hydrogen-bond donors (Lipinski definition) is 1. The van der Waals surface area contributed by atoms with E-state index < -0.39 is 0 Å². The number of benzene rings is 2. The van der Waals surface area contributed by atoms with E-state index in [1.54, 1.807) is 0 Å². The Kier molecular flexibility index (Phi) is 5.04. The van der Waals surface area contributed by atoms with Crippen LogP contribution in [0.3, 0.4) is 0 Å². The molecule has 0 amide bonds. The van der Waals surface area contributed by atoms with Gasteiger partial charge < -0.3 is 14.8 Å². The van der Waals surface area contributed by atoms with Gasteiger partial charge >= 0.3 is 0 Å². The van der Waals surface area contributed by atoms with Gasteiger partial charge in [-0.25, -0.2) is 0 Å². The summed E-state index contributed by atoms with van der Waals surface area (Å²) in [5.41, 5.74) is 4.71. The van der Waals surface area contributed by atoms with Crippen molar-refractivity contribution in [3.63, 3.8) is 0 Å². The minimum absolute atomic E-state index is 0.534. The van der Waals surface area contributed by atoms with Crippen molar-refractivity contribution in [2.24, 2.45) is 4.99 Å². The molecule has 1 aliphatic heterocycles. The van der Waals surface area contributed by atoms with E-state index in [1.165, 1.54) is 16.7 Å². The van der Waals surface area contributed by atoms with Gasteiger partial charge in [-0.05, 0) is 50.1 Å². The Bertz CT molecular complexity index is 753. The zero-order valence-corrected chi connectivity index (χ0v) is 14.6. The molecule has 0 saturated heterocycles. The summed E-state index contributed by atoms with van der Waals surface area (Å²) in [6.45, 7) is 9.03. The fourth-order valence-corrected chi connectivity index (χ4v) is 2.75. The monoisotopic (exact) mass is 324 g/mol. The summed E-state index contributed by atoms with van der Waals surface area (Å²) in [6, 6.07) is 12.4. The second kappa shape index (κ2) is 7.39. The van der Waals surface area contributed by atoms with Crippen LogP contribution in [0.5, 0.6) is 11.5 Å². The summed E-state index contributed by atoms with van der Waals surface area (Å²) in [7, 11) is 0. The second-order valence-electron chi connectivity index (χ2n) is 5.97. The standard InChI is InChI=1S/C20H24N2O2/c1-4-23-19-12-16(20-21-9-10-22-20)7-8-18(19)24-13-17-11-14(2)5-6-15(17)3/h5-8,11-12H,4,9-10,13H2,1-3H3,(H,21,22). The molecule has 0 bridgehead atoms. The van der Waals surface area contributed by atoms with Crippen LogP contribution in [-0.4, -0.2) is 25.5 Å². The van der Waals surface area contributed by atoms with Crippen molar-refractivity contribution in [2.75, 3.05) is 19.7 Å². The van der Waals surface area contributed by atoms with Gasteiger partial charge in [0.25, 0.3) is 0 Å². The van der Waals surface area contributed by atoms with Crippen LogP contribution >= 0.6 is 0 Å². The van der Waals surface area contributed by atoms with Gasteiger partial charge in [-0.3, -0.25) is 4.99 Å². The maximum atomic E-state index is 6.04. The van der Waals surface area contributed by atoms with Crippen molar-refractivity contribution in [1.82, 2.24) is 5.32 Å². The van der Waals surface area contributed by atoms with Crippen LogP contribution in [0, 0.1) is 13.8 Å². The quantitative estimate of drug-likeness (QED) is 0.882. The van der Waals surface area contributed by atoms with Gasteiger partial charge in [-0.2, -0.15) is 0 Å². The number of rotatable bonds is 6. The summed E-state index contributed by atoms with van der Waals surface area (Å²) in [5.74, 6) is 2.45. The molecule has 1 N–H and O–H groups in total. The summed E-state index contributed by atoms with van der Waals surface area (Å²) in [4.78, 5) is 4.46. The fraction of sp³-hybridized carbons (Fsp3) is 0.350. The molecule has 126 valence electrons. The van der Waals surface area contributed by atoms with Crippen LogP contribution in [0.25, 0.3) is 0 Å². The lowest BCUT2D eigenvalue weighted by molar-refractivity contribution is 0.269. The van der Waals surface area contributed by atoms with Crippen molar-refractivity contribution in [3.8, 4) is 11.5 Å². The summed E-state index contributed by atoms with van der Waals surface area (Å²) in [6.07, 6.45) is 0. The third-order valence-electron chi connectivity index (χ3n) is 4.08. The molecular formula is C20H24N2O2. The molecule has 0 aromatic heterocycles. The van der Waals surface area contributed by atoms with Crippen LogP contribution in [-0.2, 0) is 6.61 Å². The fourth-order valence-electron chi connectivity index (χ4n) is 2.75. The number of ether oxygens (including phenoxy) is 2. The highest BCUT2D eigenvalue weighted by Crippen LogP contribution is 2.30. The number of hydrogen-bond acceptors (Lipinski definition) is 4. The Morgan fingerprint density at radius 3 is 2.67 bits per heavy atom. The molecule has 0 saturated carbocycles. The predicted octanol–water partition coefficient (Wildman–Crippen LogP) is 3.63. The lowest BCUT2D eigenvalue weighted by atomic mass is 10.1. The first kappa shape index (κ1) is 16.4. The summed E-state index contributed by atoms with van der Waals surface area (Å²) in [5, 5.41) is 3.29. The topological polar surface area (TPSA) is 42.8 Å². The molecule has 2 aromatic carbocycles. The molecule has 0 fully saturated rings. The van der Waals surface area contributed by atoms with Gasteiger partial charge in [-0.15, -0.1) is 0 Å². The zero-order chi connectivity index (χ0) is 16.9. The van der Waals surface area contributed by atoms with Crippen molar-refractivity contribution >= 4 is 5.84 Å². The highest BCUT2D eigenvalue weighted by Gasteiger charge is 2.13. The highest BCUT2D eigenvalue weighted by molar-refractivity contribution is 6.00. The normalized spacial score (nSPS) is 13.4. The van der Waals surface area contributed by atoms with E-state index in [4.69, 9.17) is 9.47 Å². The lowest BCUT2D eigenvalue weighted by Gasteiger charge is -2.15. The van der Waals surface area contributed by atoms with Crippen LogP contribution in [0.1, 0.15) is 29.2 Å². The molecule has 0 unspecified atom stereocenters. The zero-order valence-electron chi connectivity index (χ0n) is 14.6. The molecular weight excluding hydrogens is 300 g/mol. The first-order valence-electron chi connectivity index (χ1n) is 8.42. The molecule has 0 radical (unpaired) electrons. The van der Waals surface area contributed by atoms with Crippen LogP contribution in [0.4, 0.5) is 0 Å². The Morgan fingerprint density at radius 2 is 1.92 bits per heavy atom. The minimum atomic E-state index is 0.534. The average Bonchev–Trinajstić information content (AvgIpc) is 3.11. The molecule has 3 rings (SSSR count). The Labute approximate surface area is 143 Å². The molecule has 2 aromatic rings. The number of nitrogens with zero attached hydrogens (tertiary/aromatic N) is 1. The van der Waals surface area contributed by atoms with E-state index in [2.05, 4.69) is 42.4 Å². The SMILES string of the molecule is CCOc1cc(C2=NCCN2)ccc1OCc1cc(C)ccc1C. The van der Waals surface area contributed by atoms with Crippen molar-refractivity contribution in [1.29, 1.82) is 0 Å². The maximum absolute atomic E-state index is 6.04. The third kappa shape index (κ3) is 3.70. The van der Waals surface area contributed by atoms with Gasteiger partial charge in [0.05, 0.1) is 13.2 Å². The van der Waals surface area contributed by atoms with Crippen molar-refractivity contribution in [3.05, 3.63) is 58.7 Å². The summed E-state index contributed by atoms with van der Waals surface area (Å²) >= 11 is 0. The Morgan fingerprint density at radius 1 is 1.04 bits per heavy atom. The van der Waals surface area contributed by atoms with E-state index >= 15 is 0 Å². The average molecular weight is 324 g/mol. The van der Waals surface area contributed by atoms with Crippen LogP contribution in [0.15, 0.2) is 41.4 Å². The lowest BCUT2D eigenvalue weighted by Crippen LogP contribution is -2.19. The first-order chi connectivity index (χ1) is 11.7. The molecule has 0 atom stereocenters. The number of amidine groups is 1. The van der Waals surface area contributed by atoms with Crippen LogP contribution in [0.2, 0.25) is 0 Å². The first-order valence-corrected chi connectivity index (χ1v) is 8.42. The van der Waals surface area contributed by atoms with E-state index in [9.17, 15) is 0 Å². The maximum Gasteiger partial charge on any atom is 0.161 e. The molecule has 0 aliphatic carbocycles. The molecule has 1 aliphatic rings. The molecule has 0 spiro atoms. The largest absolute Gasteiger partial charge is 0.490 e. The van der Waals surface area contributed by atoms with Gasteiger partial charge in [0.15, 0.2) is 11.5 Å². The number of nitrogens with one attached hydrogen (secondary N) is 1. The molecule has 1 heterocycles. The third-order valence-corrected chi connectivity index (χ3v) is 4.08. The van der Waals surface area contributed by atoms with Crippen molar-refractivity contribution < 1.29 is 9.47 Å². The van der Waals surface area contributed by atoms with Gasteiger partial charge in [0, 0.05) is 12.1 Å². The second-order valence-corrected chi connectivity index (χ2v) is 5.97. The number of aliphatic imine (C=N–C) groups is 1. The van der Waals surface area contributed by atoms with E-state index in [-0.39, 0.29) is 0 Å². The smallest absolute Gasteiger partial charge is 0.161 e. The van der Waals surface area contributed by atoms with E-state index in [0.29, 0.717) is 13.2 Å². The van der Waals surface area contributed by atoms with Crippen LogP contribution < -0.4 is 14.8 Å². The van der Waals surface area contributed by atoms with E-state index in [0.717, 1.165) is 36.0 Å². The Balaban J connectivity index is 1.80. The van der Waals surface area contributed by atoms with Gasteiger partial charge in [0.2, 0.25) is 0 Å². The van der Waals surface area contributed by atoms with E-state index in [1.807, 2.05) is 25.1 Å².